The van der Waals surface area contributed by atoms with E-state index in [-0.39, 0.29) is 0 Å². The third kappa shape index (κ3) is 2.83. The van der Waals surface area contributed by atoms with Crippen molar-refractivity contribution in [3.63, 3.8) is 0 Å². The van der Waals surface area contributed by atoms with Crippen molar-refractivity contribution in [1.29, 1.82) is 0 Å². The van der Waals surface area contributed by atoms with Gasteiger partial charge in [0.25, 0.3) is 0 Å². The smallest absolute Gasteiger partial charge is 0.200 e. The van der Waals surface area contributed by atoms with Crippen molar-refractivity contribution in [2.24, 2.45) is 0 Å². The molecule has 0 N–H and O–H groups in total. The largest absolute Gasteiger partial charge is 0.413 e. The van der Waals surface area contributed by atoms with Crippen molar-refractivity contribution >= 4 is 8.32 Å². The Bertz CT molecular complexity index is 176. The summed E-state index contributed by atoms with van der Waals surface area (Å²) in [5.41, 5.74) is 2.03. The number of ether oxygens (including phenoxy) is 1. The Morgan fingerprint density at radius 2 is 1.47 bits per heavy atom. The van der Waals surface area contributed by atoms with Gasteiger partial charge in [0.15, 0.2) is 8.32 Å². The Kier molecular flexibility index (Phi) is 4.38. The monoisotopic (exact) mass is 230 g/mol. The molecule has 0 amide bonds. The summed E-state index contributed by atoms with van der Waals surface area (Å²) in [6, 6.07) is 0. The maximum absolute atomic E-state index is 6.35. The van der Waals surface area contributed by atoms with Gasteiger partial charge < -0.3 is 9.16 Å². The Balaban J connectivity index is 2.70. The van der Waals surface area contributed by atoms with Gasteiger partial charge in [0, 0.05) is 0 Å². The van der Waals surface area contributed by atoms with E-state index in [9.17, 15) is 0 Å². The van der Waals surface area contributed by atoms with Gasteiger partial charge in [-0.05, 0) is 16.6 Å². The van der Waals surface area contributed by atoms with Gasteiger partial charge in [0.1, 0.15) is 6.10 Å². The second-order valence-corrected chi connectivity index (χ2v) is 11.0. The van der Waals surface area contributed by atoms with Crippen LogP contribution in [-0.4, -0.2) is 27.6 Å². The molecule has 1 rings (SSSR count). The summed E-state index contributed by atoms with van der Waals surface area (Å²) in [4.78, 5) is 0. The summed E-state index contributed by atoms with van der Waals surface area (Å²) in [6.07, 6.45) is 0.396. The fraction of sp³-hybridized carbons (Fsp3) is 1.00. The molecular formula is C12H26O2Si. The van der Waals surface area contributed by atoms with E-state index < -0.39 is 8.32 Å². The molecule has 1 atom stereocenters. The van der Waals surface area contributed by atoms with Gasteiger partial charge in [-0.3, -0.25) is 0 Å². The summed E-state index contributed by atoms with van der Waals surface area (Å²) in [6.45, 7) is 15.6. The van der Waals surface area contributed by atoms with Gasteiger partial charge in [0.2, 0.25) is 0 Å². The van der Waals surface area contributed by atoms with Crippen molar-refractivity contribution < 1.29 is 9.16 Å². The first-order valence-electron chi connectivity index (χ1n) is 6.16. The van der Waals surface area contributed by atoms with E-state index >= 15 is 0 Å². The van der Waals surface area contributed by atoms with Crippen molar-refractivity contribution in [1.82, 2.24) is 0 Å². The number of rotatable bonds is 6. The molecule has 0 bridgehead atoms. The average Bonchev–Trinajstić information content (AvgIpc) is 2.86. The Morgan fingerprint density at radius 1 is 1.07 bits per heavy atom. The van der Waals surface area contributed by atoms with Crippen LogP contribution in [0.5, 0.6) is 0 Å². The molecule has 0 aromatic carbocycles. The first-order valence-corrected chi connectivity index (χ1v) is 8.30. The number of hydrogen-bond donors (Lipinski definition) is 0. The van der Waals surface area contributed by atoms with Crippen LogP contribution in [0.25, 0.3) is 0 Å². The fourth-order valence-electron chi connectivity index (χ4n) is 2.90. The molecule has 0 aromatic heterocycles. The van der Waals surface area contributed by atoms with Gasteiger partial charge >= 0.3 is 0 Å². The summed E-state index contributed by atoms with van der Waals surface area (Å²) >= 11 is 0. The topological polar surface area (TPSA) is 21.8 Å². The van der Waals surface area contributed by atoms with Crippen molar-refractivity contribution in [2.75, 3.05) is 13.2 Å². The second kappa shape index (κ2) is 4.98. The minimum atomic E-state index is -1.63. The summed E-state index contributed by atoms with van der Waals surface area (Å²) < 4.78 is 11.6. The summed E-state index contributed by atoms with van der Waals surface area (Å²) in [5, 5.41) is 0. The molecule has 0 radical (unpaired) electrons. The third-order valence-electron chi connectivity index (χ3n) is 3.63. The molecule has 0 saturated carbocycles. The van der Waals surface area contributed by atoms with Crippen LogP contribution in [-0.2, 0) is 9.16 Å². The van der Waals surface area contributed by atoms with Crippen LogP contribution in [0.4, 0.5) is 0 Å². The maximum Gasteiger partial charge on any atom is 0.200 e. The zero-order valence-electron chi connectivity index (χ0n) is 11.0. The van der Waals surface area contributed by atoms with Crippen LogP contribution in [0.15, 0.2) is 0 Å². The Morgan fingerprint density at radius 3 is 1.73 bits per heavy atom. The minimum absolute atomic E-state index is 0.396. The molecule has 2 nitrogen and oxygen atoms in total. The molecule has 1 saturated heterocycles. The molecule has 1 aliphatic rings. The standard InChI is InChI=1S/C12H26O2Si/c1-9(2)15(10(3)4,11(5)6)14-8-12-7-13-12/h9-12H,7-8H2,1-6H3. The lowest BCUT2D eigenvalue weighted by atomic mass is 10.5. The SMILES string of the molecule is CC(C)[Si](OCC1CO1)(C(C)C)C(C)C. The summed E-state index contributed by atoms with van der Waals surface area (Å²) in [7, 11) is -1.63. The Hall–Kier alpha value is 0.137. The first-order chi connectivity index (χ1) is 6.91. The molecule has 0 aromatic rings. The van der Waals surface area contributed by atoms with E-state index in [0.717, 1.165) is 13.2 Å². The average molecular weight is 230 g/mol. The molecule has 1 unspecified atom stereocenters. The van der Waals surface area contributed by atoms with E-state index in [1.165, 1.54) is 0 Å². The van der Waals surface area contributed by atoms with Crippen LogP contribution >= 0.6 is 0 Å². The lowest BCUT2D eigenvalue weighted by Gasteiger charge is -2.42. The van der Waals surface area contributed by atoms with Crippen molar-refractivity contribution in [2.45, 2.75) is 64.3 Å². The molecule has 1 aliphatic heterocycles. The third-order valence-corrected chi connectivity index (χ3v) is 9.71. The van der Waals surface area contributed by atoms with Crippen LogP contribution in [0, 0.1) is 0 Å². The van der Waals surface area contributed by atoms with Gasteiger partial charge in [-0.15, -0.1) is 0 Å². The lowest BCUT2D eigenvalue weighted by molar-refractivity contribution is 0.236. The van der Waals surface area contributed by atoms with Crippen molar-refractivity contribution in [3.8, 4) is 0 Å². The van der Waals surface area contributed by atoms with E-state index in [1.807, 2.05) is 0 Å². The van der Waals surface area contributed by atoms with Gasteiger partial charge in [0.05, 0.1) is 13.2 Å². The molecule has 3 heteroatoms. The van der Waals surface area contributed by atoms with E-state index in [2.05, 4.69) is 41.5 Å². The highest BCUT2D eigenvalue weighted by Gasteiger charge is 2.46. The highest BCUT2D eigenvalue weighted by molar-refractivity contribution is 6.77. The predicted molar refractivity (Wildman–Crippen MR) is 66.7 cm³/mol. The zero-order valence-corrected chi connectivity index (χ0v) is 12.0. The fourth-order valence-corrected chi connectivity index (χ4v) is 8.38. The molecule has 0 aliphatic carbocycles. The normalized spacial score (nSPS) is 21.8. The number of hydrogen-bond acceptors (Lipinski definition) is 2. The highest BCUT2D eigenvalue weighted by Crippen LogP contribution is 2.42. The van der Waals surface area contributed by atoms with Gasteiger partial charge in [-0.2, -0.15) is 0 Å². The number of epoxide rings is 1. The molecule has 15 heavy (non-hydrogen) atoms. The van der Waals surface area contributed by atoms with Crippen LogP contribution in [0.3, 0.4) is 0 Å². The Labute approximate surface area is 95.5 Å². The van der Waals surface area contributed by atoms with E-state index in [4.69, 9.17) is 9.16 Å². The summed E-state index contributed by atoms with van der Waals surface area (Å²) in [5.74, 6) is 0. The van der Waals surface area contributed by atoms with E-state index in [0.29, 0.717) is 22.7 Å². The zero-order chi connectivity index (χ0) is 11.6. The quantitative estimate of drug-likeness (QED) is 0.514. The molecule has 1 heterocycles. The minimum Gasteiger partial charge on any atom is -0.413 e. The van der Waals surface area contributed by atoms with Crippen LogP contribution in [0.1, 0.15) is 41.5 Å². The highest BCUT2D eigenvalue weighted by atomic mass is 28.4. The second-order valence-electron chi connectivity index (χ2n) is 5.58. The molecule has 0 spiro atoms. The molecule has 90 valence electrons. The van der Waals surface area contributed by atoms with Crippen molar-refractivity contribution in [3.05, 3.63) is 0 Å². The first kappa shape index (κ1) is 13.2. The maximum atomic E-state index is 6.35. The van der Waals surface area contributed by atoms with Gasteiger partial charge in [-0.25, -0.2) is 0 Å². The molecular weight excluding hydrogens is 204 g/mol. The lowest BCUT2D eigenvalue weighted by Crippen LogP contribution is -2.48. The van der Waals surface area contributed by atoms with E-state index in [1.54, 1.807) is 0 Å². The van der Waals surface area contributed by atoms with Crippen LogP contribution in [0.2, 0.25) is 16.6 Å². The molecule has 1 fully saturated rings. The predicted octanol–water partition coefficient (Wildman–Crippen LogP) is 3.58. The van der Waals surface area contributed by atoms with Crippen LogP contribution < -0.4 is 0 Å². The van der Waals surface area contributed by atoms with Gasteiger partial charge in [-0.1, -0.05) is 41.5 Å².